The maximum atomic E-state index is 12.5. The second-order valence-electron chi connectivity index (χ2n) is 5.70. The standard InChI is InChI=1S/C17H15F3N4O3/c1-24-8-22-11-4-5-13(26-2)10(15(11)24)7-12-9(16(21)25)3-6-14(23-12)27-17(18,19)20/h3-6,8H,7H2,1-2H3,(H2,21,25). The number of alkyl halides is 3. The Morgan fingerprint density at radius 1 is 1.26 bits per heavy atom. The number of imidazole rings is 1. The van der Waals surface area contributed by atoms with Crippen molar-refractivity contribution in [3.63, 3.8) is 0 Å². The van der Waals surface area contributed by atoms with Gasteiger partial charge in [0.2, 0.25) is 5.88 Å². The number of fused-ring (bicyclic) bond motifs is 1. The monoisotopic (exact) mass is 380 g/mol. The Kier molecular flexibility index (Phi) is 4.64. The Bertz CT molecular complexity index is 1010. The van der Waals surface area contributed by atoms with Crippen molar-refractivity contribution in [2.24, 2.45) is 12.8 Å². The lowest BCUT2D eigenvalue weighted by Crippen LogP contribution is -2.20. The van der Waals surface area contributed by atoms with E-state index in [1.165, 1.54) is 7.11 Å². The number of primary amides is 1. The van der Waals surface area contributed by atoms with Gasteiger partial charge in [0, 0.05) is 25.1 Å². The summed E-state index contributed by atoms with van der Waals surface area (Å²) in [6.07, 6.45) is -3.31. The van der Waals surface area contributed by atoms with E-state index in [0.717, 1.165) is 12.1 Å². The summed E-state index contributed by atoms with van der Waals surface area (Å²) in [5.41, 5.74) is 7.35. The Balaban J connectivity index is 2.14. The van der Waals surface area contributed by atoms with E-state index in [1.807, 2.05) is 0 Å². The van der Waals surface area contributed by atoms with Crippen LogP contribution in [0.3, 0.4) is 0 Å². The van der Waals surface area contributed by atoms with Crippen molar-refractivity contribution in [1.29, 1.82) is 0 Å². The molecule has 0 radical (unpaired) electrons. The van der Waals surface area contributed by atoms with Gasteiger partial charge in [0.15, 0.2) is 0 Å². The van der Waals surface area contributed by atoms with Crippen LogP contribution in [0.15, 0.2) is 30.6 Å². The maximum Gasteiger partial charge on any atom is 0.574 e. The number of aromatic nitrogens is 3. The molecule has 0 saturated heterocycles. The molecule has 0 aliphatic rings. The Labute approximate surface area is 151 Å². The van der Waals surface area contributed by atoms with Crippen LogP contribution in [0.5, 0.6) is 11.6 Å². The molecule has 3 aromatic rings. The van der Waals surface area contributed by atoms with Crippen LogP contribution in [0.1, 0.15) is 21.6 Å². The van der Waals surface area contributed by atoms with Crippen LogP contribution in [0.25, 0.3) is 11.0 Å². The largest absolute Gasteiger partial charge is 0.574 e. The highest BCUT2D eigenvalue weighted by molar-refractivity contribution is 5.94. The van der Waals surface area contributed by atoms with Gasteiger partial charge in [0.1, 0.15) is 5.75 Å². The predicted octanol–water partition coefficient (Wildman–Crippen LogP) is 2.57. The van der Waals surface area contributed by atoms with Crippen molar-refractivity contribution >= 4 is 16.9 Å². The second-order valence-corrected chi connectivity index (χ2v) is 5.70. The van der Waals surface area contributed by atoms with Crippen molar-refractivity contribution in [3.05, 3.63) is 47.4 Å². The third kappa shape index (κ3) is 3.78. The molecule has 2 N–H and O–H groups in total. The van der Waals surface area contributed by atoms with E-state index in [9.17, 15) is 18.0 Å². The number of aryl methyl sites for hydroxylation is 1. The average molecular weight is 380 g/mol. The van der Waals surface area contributed by atoms with Gasteiger partial charge < -0.3 is 19.8 Å². The first-order valence-corrected chi connectivity index (χ1v) is 7.72. The fourth-order valence-corrected chi connectivity index (χ4v) is 2.86. The molecule has 2 heterocycles. The van der Waals surface area contributed by atoms with Gasteiger partial charge in [-0.1, -0.05) is 0 Å². The van der Waals surface area contributed by atoms with Crippen molar-refractivity contribution in [3.8, 4) is 11.6 Å². The molecule has 0 unspecified atom stereocenters. The van der Waals surface area contributed by atoms with Gasteiger partial charge in [0.25, 0.3) is 5.91 Å². The molecule has 142 valence electrons. The number of ether oxygens (including phenoxy) is 2. The molecule has 2 aromatic heterocycles. The fourth-order valence-electron chi connectivity index (χ4n) is 2.86. The van der Waals surface area contributed by atoms with E-state index >= 15 is 0 Å². The minimum Gasteiger partial charge on any atom is -0.496 e. The number of nitrogens with zero attached hydrogens (tertiary/aromatic N) is 3. The molecule has 0 atom stereocenters. The van der Waals surface area contributed by atoms with Crippen LogP contribution in [0.4, 0.5) is 13.2 Å². The molecule has 1 aromatic carbocycles. The quantitative estimate of drug-likeness (QED) is 0.734. The van der Waals surface area contributed by atoms with Crippen molar-refractivity contribution in [2.75, 3.05) is 7.11 Å². The molecule has 10 heteroatoms. The molecule has 3 rings (SSSR count). The van der Waals surface area contributed by atoms with Crippen molar-refractivity contribution in [2.45, 2.75) is 12.8 Å². The third-order valence-corrected chi connectivity index (χ3v) is 3.94. The van der Waals surface area contributed by atoms with E-state index in [0.29, 0.717) is 22.3 Å². The lowest BCUT2D eigenvalue weighted by molar-refractivity contribution is -0.276. The normalized spacial score (nSPS) is 11.6. The third-order valence-electron chi connectivity index (χ3n) is 3.94. The zero-order chi connectivity index (χ0) is 19.8. The number of nitrogens with two attached hydrogens (primary N) is 1. The minimum atomic E-state index is -4.90. The predicted molar refractivity (Wildman–Crippen MR) is 89.5 cm³/mol. The molecule has 7 nitrogen and oxygen atoms in total. The highest BCUT2D eigenvalue weighted by Crippen LogP contribution is 2.31. The zero-order valence-corrected chi connectivity index (χ0v) is 14.4. The molecule has 1 amide bonds. The lowest BCUT2D eigenvalue weighted by atomic mass is 10.0. The number of benzene rings is 1. The molecule has 0 fully saturated rings. The van der Waals surface area contributed by atoms with Gasteiger partial charge in [-0.25, -0.2) is 9.97 Å². The minimum absolute atomic E-state index is 0.00657. The number of rotatable bonds is 5. The van der Waals surface area contributed by atoms with Gasteiger partial charge >= 0.3 is 6.36 Å². The van der Waals surface area contributed by atoms with E-state index in [2.05, 4.69) is 14.7 Å². The van der Waals surface area contributed by atoms with Crippen LogP contribution in [-0.2, 0) is 13.5 Å². The molecule has 0 spiro atoms. The molecule has 0 bridgehead atoms. The summed E-state index contributed by atoms with van der Waals surface area (Å²) in [6.45, 7) is 0. The van der Waals surface area contributed by atoms with Gasteiger partial charge in [-0.05, 0) is 18.2 Å². The SMILES string of the molecule is COc1ccc2ncn(C)c2c1Cc1nc(OC(F)(F)F)ccc1C(N)=O. The van der Waals surface area contributed by atoms with Gasteiger partial charge in [-0.15, -0.1) is 13.2 Å². The summed E-state index contributed by atoms with van der Waals surface area (Å²) in [7, 11) is 3.23. The van der Waals surface area contributed by atoms with E-state index in [-0.39, 0.29) is 17.7 Å². The average Bonchev–Trinajstić information content (AvgIpc) is 2.95. The number of halogens is 3. The van der Waals surface area contributed by atoms with E-state index < -0.39 is 18.1 Å². The summed E-state index contributed by atoms with van der Waals surface area (Å²) in [5, 5.41) is 0. The molecular formula is C17H15F3N4O3. The Hall–Kier alpha value is -3.30. The molecule has 27 heavy (non-hydrogen) atoms. The van der Waals surface area contributed by atoms with E-state index in [1.54, 1.807) is 30.1 Å². The van der Waals surface area contributed by atoms with Crippen LogP contribution >= 0.6 is 0 Å². The second kappa shape index (κ2) is 6.78. The summed E-state index contributed by atoms with van der Waals surface area (Å²) in [4.78, 5) is 19.8. The summed E-state index contributed by atoms with van der Waals surface area (Å²) in [6, 6.07) is 5.54. The number of carbonyl (C=O) groups is 1. The highest BCUT2D eigenvalue weighted by Gasteiger charge is 2.32. The van der Waals surface area contributed by atoms with Crippen molar-refractivity contribution < 1.29 is 27.4 Å². The smallest absolute Gasteiger partial charge is 0.496 e. The first-order valence-electron chi connectivity index (χ1n) is 7.72. The molecular weight excluding hydrogens is 365 g/mol. The van der Waals surface area contributed by atoms with Gasteiger partial charge in [0.05, 0.1) is 35.7 Å². The number of amides is 1. The van der Waals surface area contributed by atoms with Gasteiger partial charge in [-0.3, -0.25) is 4.79 Å². The summed E-state index contributed by atoms with van der Waals surface area (Å²) < 4.78 is 48.5. The number of hydrogen-bond donors (Lipinski definition) is 1. The van der Waals surface area contributed by atoms with Crippen LogP contribution in [0.2, 0.25) is 0 Å². The van der Waals surface area contributed by atoms with Crippen LogP contribution < -0.4 is 15.2 Å². The first kappa shape index (κ1) is 18.5. The van der Waals surface area contributed by atoms with Gasteiger partial charge in [-0.2, -0.15) is 0 Å². The van der Waals surface area contributed by atoms with Crippen molar-refractivity contribution in [1.82, 2.24) is 14.5 Å². The van der Waals surface area contributed by atoms with E-state index in [4.69, 9.17) is 10.5 Å². The molecule has 0 saturated carbocycles. The first-order chi connectivity index (χ1) is 12.7. The Morgan fingerprint density at radius 3 is 2.63 bits per heavy atom. The highest BCUT2D eigenvalue weighted by atomic mass is 19.4. The summed E-state index contributed by atoms with van der Waals surface area (Å²) >= 11 is 0. The number of pyridine rings is 1. The maximum absolute atomic E-state index is 12.5. The fraction of sp³-hybridized carbons (Fsp3) is 0.235. The number of methoxy groups -OCH3 is 1. The zero-order valence-electron chi connectivity index (χ0n) is 14.4. The number of carbonyl (C=O) groups excluding carboxylic acids is 1. The summed E-state index contributed by atoms with van der Waals surface area (Å²) in [5.74, 6) is -1.02. The van der Waals surface area contributed by atoms with Crippen LogP contribution in [-0.4, -0.2) is 33.9 Å². The molecule has 0 aliphatic heterocycles. The van der Waals surface area contributed by atoms with Crippen LogP contribution in [0, 0.1) is 0 Å². The Morgan fingerprint density at radius 2 is 2.00 bits per heavy atom. The topological polar surface area (TPSA) is 92.3 Å². The number of hydrogen-bond acceptors (Lipinski definition) is 5. The lowest BCUT2D eigenvalue weighted by Gasteiger charge is -2.14. The molecule has 0 aliphatic carbocycles.